The highest BCUT2D eigenvalue weighted by Crippen LogP contribution is 2.41. The molecule has 0 aliphatic carbocycles. The molecule has 1 aliphatic rings. The number of imide groups is 1. The second-order valence-corrected chi connectivity index (χ2v) is 10.1. The summed E-state index contributed by atoms with van der Waals surface area (Å²) < 4.78 is 1.69. The van der Waals surface area contributed by atoms with Crippen molar-refractivity contribution >= 4 is 39.2 Å². The third-order valence-electron chi connectivity index (χ3n) is 7.75. The summed E-state index contributed by atoms with van der Waals surface area (Å²) in [4.78, 5) is 49.1. The van der Waals surface area contributed by atoms with Gasteiger partial charge >= 0.3 is 0 Å². The van der Waals surface area contributed by atoms with Crippen molar-refractivity contribution in [2.24, 2.45) is 7.05 Å². The van der Waals surface area contributed by atoms with E-state index in [4.69, 9.17) is 11.6 Å². The average Bonchev–Trinajstić information content (AvgIpc) is 3.52. The third kappa shape index (κ3) is 3.57. The first-order valence-corrected chi connectivity index (χ1v) is 13.2. The lowest BCUT2D eigenvalue weighted by molar-refractivity contribution is 0.0592. The van der Waals surface area contributed by atoms with Gasteiger partial charge < -0.3 is 0 Å². The number of nitrogens with one attached hydrogen (secondary N) is 1. The summed E-state index contributed by atoms with van der Waals surface area (Å²) >= 11 is 0. The molecule has 1 aliphatic heterocycles. The van der Waals surface area contributed by atoms with Gasteiger partial charge in [0.2, 0.25) is 5.69 Å². The van der Waals surface area contributed by atoms with Gasteiger partial charge in [-0.2, -0.15) is 10.2 Å². The van der Waals surface area contributed by atoms with Crippen LogP contribution in [0.5, 0.6) is 0 Å². The molecule has 0 bridgehead atoms. The number of H-pyrrole nitrogens is 1. The van der Waals surface area contributed by atoms with E-state index >= 15 is 0 Å². The second kappa shape index (κ2) is 9.31. The molecular weight excluding hydrogens is 530 g/mol. The highest BCUT2D eigenvalue weighted by Gasteiger charge is 2.40. The number of aromatic nitrogens is 5. The summed E-state index contributed by atoms with van der Waals surface area (Å²) in [5.41, 5.74) is 3.77. The third-order valence-corrected chi connectivity index (χ3v) is 7.75. The number of carbonyl (C=O) groups excluding carboxylic acids is 2. The minimum atomic E-state index is -0.818. The fraction of sp³-hybridized carbons (Fsp3) is 0.0938. The van der Waals surface area contributed by atoms with E-state index in [1.165, 1.54) is 0 Å². The van der Waals surface area contributed by atoms with Gasteiger partial charge in [-0.05, 0) is 42.0 Å². The van der Waals surface area contributed by atoms with E-state index in [0.29, 0.717) is 39.3 Å². The van der Waals surface area contributed by atoms with Crippen molar-refractivity contribution in [2.75, 3.05) is 0 Å². The van der Waals surface area contributed by atoms with Crippen molar-refractivity contribution in [3.8, 4) is 22.5 Å². The van der Waals surface area contributed by atoms with Gasteiger partial charge in [-0.3, -0.25) is 24.0 Å². The normalized spacial score (nSPS) is 13.5. The monoisotopic (exact) mass is 551 g/mol. The number of hydrogen-bond donors (Lipinski definition) is 1. The predicted octanol–water partition coefficient (Wildman–Crippen LogP) is 5.45. The molecule has 0 spiro atoms. The van der Waals surface area contributed by atoms with Gasteiger partial charge in [0.05, 0.1) is 46.7 Å². The van der Waals surface area contributed by atoms with Crippen molar-refractivity contribution < 1.29 is 9.59 Å². The number of benzene rings is 3. The van der Waals surface area contributed by atoms with Gasteiger partial charge in [0.1, 0.15) is 11.2 Å². The zero-order chi connectivity index (χ0) is 29.1. The molecule has 1 atom stereocenters. The number of aromatic amines is 1. The van der Waals surface area contributed by atoms with Crippen molar-refractivity contribution in [3.05, 3.63) is 118 Å². The fourth-order valence-corrected chi connectivity index (χ4v) is 5.70. The number of aryl methyl sites for hydroxylation is 1. The highest BCUT2D eigenvalue weighted by atomic mass is 16.2. The Balaban J connectivity index is 1.39. The Kier molecular flexibility index (Phi) is 5.55. The van der Waals surface area contributed by atoms with Crippen LogP contribution in [0, 0.1) is 6.57 Å². The number of nitrogens with zero attached hydrogens (tertiary/aromatic N) is 6. The molecule has 202 valence electrons. The van der Waals surface area contributed by atoms with Crippen LogP contribution in [0.4, 0.5) is 5.69 Å². The maximum absolute atomic E-state index is 13.2. The Bertz CT molecular complexity index is 2190. The maximum Gasteiger partial charge on any atom is 0.273 e. The Hall–Kier alpha value is -5.95. The van der Waals surface area contributed by atoms with Crippen LogP contribution < -0.4 is 5.56 Å². The topological polar surface area (TPSA) is 118 Å². The fourth-order valence-electron chi connectivity index (χ4n) is 5.70. The number of pyridine rings is 1. The van der Waals surface area contributed by atoms with Crippen LogP contribution in [0.3, 0.4) is 0 Å². The standard InChI is InChI=1S/C32H21N7O3/c1-17(39-31(41)20-10-6-7-11-21(20)32(39)42)26-28-23(30(40)37-36-26)14-15-25(35-28)24-16-34-38(3)29(24)22-13-12-18-8-4-5-9-19(18)27(22)33-2/h4-17H,1,3H3,(H,37,40). The molecular formula is C32H21N7O3. The van der Waals surface area contributed by atoms with E-state index in [9.17, 15) is 14.4 Å². The minimum absolute atomic E-state index is 0.263. The number of carbonyl (C=O) groups is 2. The van der Waals surface area contributed by atoms with Gasteiger partial charge in [-0.25, -0.2) is 14.9 Å². The van der Waals surface area contributed by atoms with Gasteiger partial charge in [0.15, 0.2) is 0 Å². The van der Waals surface area contributed by atoms with E-state index < -0.39 is 23.4 Å². The molecule has 3 aromatic heterocycles. The van der Waals surface area contributed by atoms with Crippen molar-refractivity contribution in [1.82, 2.24) is 29.9 Å². The first kappa shape index (κ1) is 25.0. The average molecular weight is 552 g/mol. The maximum atomic E-state index is 13.2. The molecule has 10 nitrogen and oxygen atoms in total. The van der Waals surface area contributed by atoms with Gasteiger partial charge in [-0.15, -0.1) is 0 Å². The Morgan fingerprint density at radius 2 is 1.55 bits per heavy atom. The van der Waals surface area contributed by atoms with Crippen LogP contribution in [-0.4, -0.2) is 41.7 Å². The molecule has 0 saturated heterocycles. The second-order valence-electron chi connectivity index (χ2n) is 10.1. The summed E-state index contributed by atoms with van der Waals surface area (Å²) in [6.07, 6.45) is 1.67. The van der Waals surface area contributed by atoms with E-state index in [1.54, 1.807) is 61.2 Å². The van der Waals surface area contributed by atoms with Crippen LogP contribution in [0.2, 0.25) is 0 Å². The largest absolute Gasteiger partial charge is 0.273 e. The van der Waals surface area contributed by atoms with E-state index in [1.807, 2.05) is 36.4 Å². The molecule has 0 fully saturated rings. The van der Waals surface area contributed by atoms with Crippen LogP contribution in [-0.2, 0) is 7.05 Å². The summed E-state index contributed by atoms with van der Waals surface area (Å²) in [6, 6.07) is 20.8. The predicted molar refractivity (Wildman–Crippen MR) is 157 cm³/mol. The molecule has 1 N–H and O–H groups in total. The SMILES string of the molecule is [C-]#[N+]c1c(-c2c(-c3ccc4c(=O)[nH]nc(C(C)N5C(=O)c6ccccc6C5=O)c4n3)cnn2C)ccc2ccccc12. The lowest BCUT2D eigenvalue weighted by atomic mass is 9.98. The molecule has 4 heterocycles. The van der Waals surface area contributed by atoms with E-state index in [-0.39, 0.29) is 16.6 Å². The molecule has 7 rings (SSSR count). The number of fused-ring (bicyclic) bond motifs is 3. The Labute approximate surface area is 238 Å². The van der Waals surface area contributed by atoms with Crippen LogP contribution in [0.15, 0.2) is 83.8 Å². The van der Waals surface area contributed by atoms with Gasteiger partial charge in [0.25, 0.3) is 17.4 Å². The minimum Gasteiger partial charge on any atom is -0.269 e. The van der Waals surface area contributed by atoms with Crippen molar-refractivity contribution in [2.45, 2.75) is 13.0 Å². The quantitative estimate of drug-likeness (QED) is 0.230. The smallest absolute Gasteiger partial charge is 0.269 e. The molecule has 0 radical (unpaired) electrons. The van der Waals surface area contributed by atoms with Crippen molar-refractivity contribution in [3.63, 3.8) is 0 Å². The van der Waals surface area contributed by atoms with Crippen molar-refractivity contribution in [1.29, 1.82) is 0 Å². The lowest BCUT2D eigenvalue weighted by Crippen LogP contribution is -2.34. The number of hydrogen-bond acceptors (Lipinski definition) is 6. The zero-order valence-corrected chi connectivity index (χ0v) is 22.5. The van der Waals surface area contributed by atoms with Crippen LogP contribution >= 0.6 is 0 Å². The molecule has 2 amide bonds. The Morgan fingerprint density at radius 1 is 0.833 bits per heavy atom. The highest BCUT2D eigenvalue weighted by molar-refractivity contribution is 6.21. The van der Waals surface area contributed by atoms with Gasteiger partial charge in [-0.1, -0.05) is 48.5 Å². The molecule has 6 aromatic rings. The molecule has 10 heteroatoms. The van der Waals surface area contributed by atoms with E-state index in [0.717, 1.165) is 15.7 Å². The first-order valence-electron chi connectivity index (χ1n) is 13.2. The first-order chi connectivity index (χ1) is 20.4. The number of rotatable bonds is 4. The lowest BCUT2D eigenvalue weighted by Gasteiger charge is -2.22. The molecule has 0 saturated carbocycles. The number of amides is 2. The summed E-state index contributed by atoms with van der Waals surface area (Å²) in [5, 5.41) is 13.3. The zero-order valence-electron chi connectivity index (χ0n) is 22.5. The van der Waals surface area contributed by atoms with E-state index in [2.05, 4.69) is 20.1 Å². The van der Waals surface area contributed by atoms with Gasteiger partial charge in [0, 0.05) is 18.2 Å². The van der Waals surface area contributed by atoms with Crippen LogP contribution in [0.1, 0.15) is 39.4 Å². The molecule has 3 aromatic carbocycles. The molecule has 42 heavy (non-hydrogen) atoms. The summed E-state index contributed by atoms with van der Waals surface area (Å²) in [7, 11) is 1.80. The molecule has 1 unspecified atom stereocenters. The van der Waals surface area contributed by atoms with Crippen LogP contribution in [0.25, 0.3) is 49.0 Å². The Morgan fingerprint density at radius 3 is 2.29 bits per heavy atom. The summed E-state index contributed by atoms with van der Waals surface area (Å²) in [5.74, 6) is -0.865. The summed E-state index contributed by atoms with van der Waals surface area (Å²) in [6.45, 7) is 9.64.